The minimum atomic E-state index is -0.583. The Morgan fingerprint density at radius 2 is 1.87 bits per heavy atom. The first-order valence-corrected chi connectivity index (χ1v) is 10.4. The van der Waals surface area contributed by atoms with E-state index in [0.29, 0.717) is 37.8 Å². The third-order valence-corrected chi connectivity index (χ3v) is 5.70. The lowest BCUT2D eigenvalue weighted by Crippen LogP contribution is -2.48. The van der Waals surface area contributed by atoms with Crippen LogP contribution in [0.1, 0.15) is 50.9 Å². The van der Waals surface area contributed by atoms with Crippen LogP contribution in [0.5, 0.6) is 5.75 Å². The molecule has 0 spiro atoms. The van der Waals surface area contributed by atoms with E-state index in [2.05, 4.69) is 11.8 Å². The average molecular weight is 422 g/mol. The fourth-order valence-electron chi connectivity index (χ4n) is 4.11. The summed E-state index contributed by atoms with van der Waals surface area (Å²) in [5, 5.41) is 0. The predicted octanol–water partition coefficient (Wildman–Crippen LogP) is 3.85. The normalized spacial score (nSPS) is 18.3. The van der Waals surface area contributed by atoms with Gasteiger partial charge in [-0.05, 0) is 58.6 Å². The molecule has 0 aromatic heterocycles. The molecule has 1 aromatic carbocycles. The summed E-state index contributed by atoms with van der Waals surface area (Å²) >= 11 is 0. The number of hydrogen-bond donors (Lipinski definition) is 0. The van der Waals surface area contributed by atoms with Crippen molar-refractivity contribution in [2.75, 3.05) is 38.3 Å². The van der Waals surface area contributed by atoms with Crippen LogP contribution in [0.15, 0.2) is 12.1 Å². The van der Waals surface area contributed by atoms with Gasteiger partial charge in [0.25, 0.3) is 0 Å². The number of anilines is 1. The Morgan fingerprint density at radius 1 is 1.20 bits per heavy atom. The number of piperidine rings is 1. The van der Waals surface area contributed by atoms with E-state index in [1.807, 2.05) is 20.8 Å². The maximum absolute atomic E-state index is 14.6. The van der Waals surface area contributed by atoms with Crippen LogP contribution in [0.3, 0.4) is 0 Å². The topological polar surface area (TPSA) is 68.3 Å². The molecule has 2 aliphatic heterocycles. The first kappa shape index (κ1) is 22.2. The van der Waals surface area contributed by atoms with Crippen molar-refractivity contribution in [1.29, 1.82) is 0 Å². The Bertz CT molecular complexity index is 799. The maximum Gasteiger partial charge on any atom is 0.410 e. The molecular formula is C22H31FN2O5. The van der Waals surface area contributed by atoms with E-state index in [4.69, 9.17) is 14.2 Å². The molecule has 2 aliphatic rings. The number of carbonyl (C=O) groups excluding carboxylic acids is 2. The third-order valence-electron chi connectivity index (χ3n) is 5.70. The molecule has 0 saturated carbocycles. The molecule has 1 aromatic rings. The zero-order valence-electron chi connectivity index (χ0n) is 18.4. The Morgan fingerprint density at radius 3 is 2.47 bits per heavy atom. The molecule has 0 unspecified atom stereocenters. The van der Waals surface area contributed by atoms with Crippen molar-refractivity contribution in [3.8, 4) is 5.75 Å². The molecule has 7 nitrogen and oxygen atoms in total. The van der Waals surface area contributed by atoms with Gasteiger partial charge in [0.1, 0.15) is 12.2 Å². The number of hydrogen-bond acceptors (Lipinski definition) is 6. The lowest BCUT2D eigenvalue weighted by Gasteiger charge is -2.42. The van der Waals surface area contributed by atoms with Gasteiger partial charge < -0.3 is 24.0 Å². The summed E-state index contributed by atoms with van der Waals surface area (Å²) in [6.45, 7) is 9.90. The van der Waals surface area contributed by atoms with Gasteiger partial charge in [0.15, 0.2) is 11.6 Å². The van der Waals surface area contributed by atoms with Crippen molar-refractivity contribution in [2.45, 2.75) is 52.2 Å². The van der Waals surface area contributed by atoms with E-state index in [9.17, 15) is 14.0 Å². The number of carbonyl (C=O) groups is 2. The number of likely N-dealkylation sites (tertiary alicyclic amines) is 1. The van der Waals surface area contributed by atoms with Gasteiger partial charge >= 0.3 is 12.1 Å². The van der Waals surface area contributed by atoms with Crippen LogP contribution in [0.25, 0.3) is 0 Å². The number of rotatable bonds is 3. The number of ether oxygens (including phenoxy) is 3. The lowest BCUT2D eigenvalue weighted by atomic mass is 9.89. The highest BCUT2D eigenvalue weighted by atomic mass is 19.1. The second-order valence-corrected chi connectivity index (χ2v) is 8.89. The maximum atomic E-state index is 14.6. The van der Waals surface area contributed by atoms with Crippen LogP contribution in [0.4, 0.5) is 14.9 Å². The lowest BCUT2D eigenvalue weighted by molar-refractivity contribution is 0.0175. The molecule has 8 heteroatoms. The van der Waals surface area contributed by atoms with Crippen LogP contribution < -0.4 is 9.64 Å². The SMILES string of the molecule is COC(=O)c1cc(F)c2c(c1)N([C@@H](C)C1CCN(C(=O)OC(C)(C)C)CC1)CCO2. The third kappa shape index (κ3) is 4.79. The molecular weight excluding hydrogens is 391 g/mol. The van der Waals surface area contributed by atoms with Crippen LogP contribution >= 0.6 is 0 Å². The van der Waals surface area contributed by atoms with Crippen molar-refractivity contribution in [2.24, 2.45) is 5.92 Å². The molecule has 30 heavy (non-hydrogen) atoms. The van der Waals surface area contributed by atoms with Gasteiger partial charge in [-0.15, -0.1) is 0 Å². The number of nitrogens with zero attached hydrogens (tertiary/aromatic N) is 2. The van der Waals surface area contributed by atoms with Crippen LogP contribution in [0.2, 0.25) is 0 Å². The molecule has 166 valence electrons. The van der Waals surface area contributed by atoms with E-state index < -0.39 is 17.4 Å². The Hall–Kier alpha value is -2.51. The Labute approximate surface area is 177 Å². The summed E-state index contributed by atoms with van der Waals surface area (Å²) in [5.41, 5.74) is 0.222. The summed E-state index contributed by atoms with van der Waals surface area (Å²) in [4.78, 5) is 28.1. The van der Waals surface area contributed by atoms with Crippen molar-refractivity contribution >= 4 is 17.7 Å². The highest BCUT2D eigenvalue weighted by Gasteiger charge is 2.34. The zero-order valence-corrected chi connectivity index (χ0v) is 18.4. The number of methoxy groups -OCH3 is 1. The monoisotopic (exact) mass is 422 g/mol. The fourth-order valence-corrected chi connectivity index (χ4v) is 4.11. The first-order chi connectivity index (χ1) is 14.1. The highest BCUT2D eigenvalue weighted by molar-refractivity contribution is 5.91. The smallest absolute Gasteiger partial charge is 0.410 e. The molecule has 1 fully saturated rings. The molecule has 1 atom stereocenters. The van der Waals surface area contributed by atoms with E-state index in [0.717, 1.165) is 18.9 Å². The minimum Gasteiger partial charge on any atom is -0.486 e. The molecule has 0 aliphatic carbocycles. The second kappa shape index (κ2) is 8.70. The summed E-state index contributed by atoms with van der Waals surface area (Å²) in [7, 11) is 1.27. The zero-order chi connectivity index (χ0) is 22.1. The average Bonchev–Trinajstić information content (AvgIpc) is 2.71. The molecule has 3 rings (SSSR count). The Balaban J connectivity index is 1.72. The largest absolute Gasteiger partial charge is 0.486 e. The van der Waals surface area contributed by atoms with E-state index in [1.165, 1.54) is 7.11 Å². The predicted molar refractivity (Wildman–Crippen MR) is 111 cm³/mol. The number of halogens is 1. The number of esters is 1. The highest BCUT2D eigenvalue weighted by Crippen LogP contribution is 2.39. The summed E-state index contributed by atoms with van der Waals surface area (Å²) in [5.74, 6) is -0.656. The van der Waals surface area contributed by atoms with Crippen molar-refractivity contribution in [1.82, 2.24) is 4.90 Å². The number of amides is 1. The van der Waals surface area contributed by atoms with Crippen LogP contribution in [-0.2, 0) is 9.47 Å². The second-order valence-electron chi connectivity index (χ2n) is 8.89. The molecule has 0 bridgehead atoms. The molecule has 1 amide bonds. The molecule has 1 saturated heterocycles. The van der Waals surface area contributed by atoms with Gasteiger partial charge in [-0.3, -0.25) is 0 Å². The van der Waals surface area contributed by atoms with Gasteiger partial charge in [-0.2, -0.15) is 0 Å². The summed E-state index contributed by atoms with van der Waals surface area (Å²) in [6.07, 6.45) is 1.37. The first-order valence-electron chi connectivity index (χ1n) is 10.4. The van der Waals surface area contributed by atoms with E-state index >= 15 is 0 Å². The van der Waals surface area contributed by atoms with Gasteiger partial charge in [0, 0.05) is 19.1 Å². The van der Waals surface area contributed by atoms with Gasteiger partial charge in [0.2, 0.25) is 0 Å². The van der Waals surface area contributed by atoms with Crippen molar-refractivity contribution in [3.63, 3.8) is 0 Å². The molecule has 0 N–H and O–H groups in total. The van der Waals surface area contributed by atoms with Crippen molar-refractivity contribution in [3.05, 3.63) is 23.5 Å². The standard InChI is InChI=1S/C22H31FN2O5/c1-14(15-6-8-24(9-7-15)21(27)30-22(2,3)4)25-10-11-29-19-17(23)12-16(13-18(19)25)20(26)28-5/h12-15H,6-11H2,1-5H3/t14-/m0/s1. The van der Waals surface area contributed by atoms with Gasteiger partial charge in [-0.25, -0.2) is 14.0 Å². The van der Waals surface area contributed by atoms with E-state index in [1.54, 1.807) is 11.0 Å². The van der Waals surface area contributed by atoms with Crippen LogP contribution in [-0.4, -0.2) is 62.0 Å². The molecule has 0 radical (unpaired) electrons. The minimum absolute atomic E-state index is 0.0979. The summed E-state index contributed by atoms with van der Waals surface area (Å²) in [6, 6.07) is 2.88. The summed E-state index contributed by atoms with van der Waals surface area (Å²) < 4.78 is 30.3. The van der Waals surface area contributed by atoms with Crippen LogP contribution in [0, 0.1) is 11.7 Å². The molecule has 2 heterocycles. The number of benzene rings is 1. The van der Waals surface area contributed by atoms with Gasteiger partial charge in [0.05, 0.1) is 24.9 Å². The van der Waals surface area contributed by atoms with Gasteiger partial charge in [-0.1, -0.05) is 0 Å². The van der Waals surface area contributed by atoms with Crippen molar-refractivity contribution < 1.29 is 28.2 Å². The van der Waals surface area contributed by atoms with E-state index in [-0.39, 0.29) is 23.4 Å². The number of fused-ring (bicyclic) bond motifs is 1. The Kier molecular flexibility index (Phi) is 6.43. The fraction of sp³-hybridized carbons (Fsp3) is 0.636. The quantitative estimate of drug-likeness (QED) is 0.690.